The number of rotatable bonds is 6. The molecule has 0 radical (unpaired) electrons. The van der Waals surface area contributed by atoms with Crippen LogP contribution in [-0.4, -0.2) is 41.4 Å². The molecule has 108 valence electrons. The van der Waals surface area contributed by atoms with E-state index in [1.807, 2.05) is 0 Å². The normalized spacial score (nSPS) is 24.8. The van der Waals surface area contributed by atoms with Crippen LogP contribution in [0.3, 0.4) is 0 Å². The number of piperidine rings is 1. The Labute approximate surface area is 117 Å². The maximum absolute atomic E-state index is 4.50. The number of hydrogen-bond acceptors (Lipinski definition) is 3. The smallest absolute Gasteiger partial charge is 0.0537 e. The number of aromatic nitrogens is 2. The van der Waals surface area contributed by atoms with Gasteiger partial charge in [0.25, 0.3) is 0 Å². The summed E-state index contributed by atoms with van der Waals surface area (Å²) in [6, 6.07) is 0.526. The molecule has 4 nitrogen and oxygen atoms in total. The Morgan fingerprint density at radius 1 is 1.42 bits per heavy atom. The van der Waals surface area contributed by atoms with Crippen molar-refractivity contribution in [3.8, 4) is 0 Å². The lowest BCUT2D eigenvalue weighted by atomic mass is 9.86. The molecule has 2 rings (SSSR count). The standard InChI is InChI=1S/C15H28N4/c1-4-8-19-12-14(11-17-19)15-13(10-16-5-2)7-6-9-18(15)3/h11-13,15-16H,4-10H2,1-3H3. The van der Waals surface area contributed by atoms with E-state index in [4.69, 9.17) is 0 Å². The summed E-state index contributed by atoms with van der Waals surface area (Å²) in [5.41, 5.74) is 1.39. The van der Waals surface area contributed by atoms with E-state index in [2.05, 4.69) is 53.3 Å². The maximum Gasteiger partial charge on any atom is 0.0537 e. The Kier molecular flexibility index (Phi) is 5.40. The van der Waals surface area contributed by atoms with Gasteiger partial charge in [0.15, 0.2) is 0 Å². The molecule has 4 heteroatoms. The molecule has 0 aliphatic carbocycles. The summed E-state index contributed by atoms with van der Waals surface area (Å²) < 4.78 is 2.09. The van der Waals surface area contributed by atoms with E-state index < -0.39 is 0 Å². The Balaban J connectivity index is 2.10. The second kappa shape index (κ2) is 7.06. The number of aryl methyl sites for hydroxylation is 1. The van der Waals surface area contributed by atoms with E-state index >= 15 is 0 Å². The quantitative estimate of drug-likeness (QED) is 0.856. The summed E-state index contributed by atoms with van der Waals surface area (Å²) in [6.45, 7) is 8.77. The lowest BCUT2D eigenvalue weighted by molar-refractivity contribution is 0.120. The van der Waals surface area contributed by atoms with Crippen molar-refractivity contribution in [2.75, 3.05) is 26.7 Å². The molecule has 2 heterocycles. The van der Waals surface area contributed by atoms with Gasteiger partial charge >= 0.3 is 0 Å². The highest BCUT2D eigenvalue weighted by Crippen LogP contribution is 2.34. The van der Waals surface area contributed by atoms with Crippen molar-refractivity contribution in [3.63, 3.8) is 0 Å². The SMILES string of the molecule is CCCn1cc(C2C(CNCC)CCCN2C)cn1. The van der Waals surface area contributed by atoms with Gasteiger partial charge in [0.2, 0.25) is 0 Å². The van der Waals surface area contributed by atoms with Gasteiger partial charge in [0.05, 0.1) is 6.20 Å². The fraction of sp³-hybridized carbons (Fsp3) is 0.800. The number of nitrogens with zero attached hydrogens (tertiary/aromatic N) is 3. The molecule has 2 unspecified atom stereocenters. The third-order valence-corrected chi connectivity index (χ3v) is 4.11. The molecule has 0 spiro atoms. The summed E-state index contributed by atoms with van der Waals surface area (Å²) in [6.07, 6.45) is 8.09. The van der Waals surface area contributed by atoms with Gasteiger partial charge in [-0.25, -0.2) is 0 Å². The van der Waals surface area contributed by atoms with Crippen LogP contribution in [-0.2, 0) is 6.54 Å². The fourth-order valence-electron chi connectivity index (χ4n) is 3.21. The van der Waals surface area contributed by atoms with Crippen molar-refractivity contribution in [1.82, 2.24) is 20.0 Å². The Bertz CT molecular complexity index is 374. The first-order valence-corrected chi connectivity index (χ1v) is 7.69. The Hall–Kier alpha value is -0.870. The highest BCUT2D eigenvalue weighted by atomic mass is 15.3. The first-order chi connectivity index (χ1) is 9.26. The zero-order chi connectivity index (χ0) is 13.7. The predicted octanol–water partition coefficient (Wildman–Crippen LogP) is 2.29. The molecule has 1 aromatic rings. The molecule has 0 aromatic carbocycles. The molecule has 19 heavy (non-hydrogen) atoms. The third-order valence-electron chi connectivity index (χ3n) is 4.11. The summed E-state index contributed by atoms with van der Waals surface area (Å²) in [5.74, 6) is 0.706. The molecule has 1 N–H and O–H groups in total. The monoisotopic (exact) mass is 264 g/mol. The first-order valence-electron chi connectivity index (χ1n) is 7.69. The molecule has 1 aliphatic rings. The third kappa shape index (κ3) is 3.57. The van der Waals surface area contributed by atoms with Crippen LogP contribution in [0.25, 0.3) is 0 Å². The fourth-order valence-corrected chi connectivity index (χ4v) is 3.21. The molecule has 0 bridgehead atoms. The number of likely N-dealkylation sites (tertiary alicyclic amines) is 1. The van der Waals surface area contributed by atoms with Gasteiger partial charge in [-0.05, 0) is 51.9 Å². The van der Waals surface area contributed by atoms with Crippen LogP contribution >= 0.6 is 0 Å². The van der Waals surface area contributed by atoms with Gasteiger partial charge in [-0.3, -0.25) is 9.58 Å². The number of nitrogens with one attached hydrogen (secondary N) is 1. The first kappa shape index (κ1) is 14.5. The minimum absolute atomic E-state index is 0.526. The van der Waals surface area contributed by atoms with Crippen LogP contribution in [0.5, 0.6) is 0 Å². The van der Waals surface area contributed by atoms with E-state index in [1.54, 1.807) is 0 Å². The topological polar surface area (TPSA) is 33.1 Å². The van der Waals surface area contributed by atoms with Crippen molar-refractivity contribution >= 4 is 0 Å². The average molecular weight is 264 g/mol. The van der Waals surface area contributed by atoms with E-state index in [-0.39, 0.29) is 0 Å². The van der Waals surface area contributed by atoms with Crippen LogP contribution < -0.4 is 5.32 Å². The molecular weight excluding hydrogens is 236 g/mol. The second-order valence-corrected chi connectivity index (χ2v) is 5.67. The van der Waals surface area contributed by atoms with Crippen LogP contribution in [0.15, 0.2) is 12.4 Å². The van der Waals surface area contributed by atoms with Crippen LogP contribution in [0, 0.1) is 5.92 Å². The van der Waals surface area contributed by atoms with E-state index in [0.29, 0.717) is 12.0 Å². The molecule has 0 amide bonds. The van der Waals surface area contributed by atoms with Crippen molar-refractivity contribution < 1.29 is 0 Å². The molecular formula is C15H28N4. The lowest BCUT2D eigenvalue weighted by Gasteiger charge is -2.39. The Morgan fingerprint density at radius 2 is 2.26 bits per heavy atom. The minimum Gasteiger partial charge on any atom is -0.317 e. The largest absolute Gasteiger partial charge is 0.317 e. The van der Waals surface area contributed by atoms with E-state index in [1.165, 1.54) is 24.9 Å². The molecule has 0 saturated carbocycles. The summed E-state index contributed by atoms with van der Waals surface area (Å²) in [5, 5.41) is 8.02. The van der Waals surface area contributed by atoms with Gasteiger partial charge in [0.1, 0.15) is 0 Å². The molecule has 1 aliphatic heterocycles. The molecule has 1 fully saturated rings. The van der Waals surface area contributed by atoms with Gasteiger partial charge in [-0.2, -0.15) is 5.10 Å². The Morgan fingerprint density at radius 3 is 3.00 bits per heavy atom. The predicted molar refractivity (Wildman–Crippen MR) is 79.2 cm³/mol. The van der Waals surface area contributed by atoms with Crippen molar-refractivity contribution in [3.05, 3.63) is 18.0 Å². The van der Waals surface area contributed by atoms with Crippen molar-refractivity contribution in [2.45, 2.75) is 45.7 Å². The molecule has 1 saturated heterocycles. The minimum atomic E-state index is 0.526. The average Bonchev–Trinajstić information content (AvgIpc) is 2.85. The van der Waals surface area contributed by atoms with Gasteiger partial charge < -0.3 is 5.32 Å². The zero-order valence-electron chi connectivity index (χ0n) is 12.6. The van der Waals surface area contributed by atoms with Gasteiger partial charge in [0, 0.05) is 24.3 Å². The van der Waals surface area contributed by atoms with Crippen LogP contribution in [0.2, 0.25) is 0 Å². The van der Waals surface area contributed by atoms with Crippen molar-refractivity contribution in [1.29, 1.82) is 0 Å². The van der Waals surface area contributed by atoms with E-state index in [0.717, 1.165) is 26.1 Å². The van der Waals surface area contributed by atoms with E-state index in [9.17, 15) is 0 Å². The van der Waals surface area contributed by atoms with Crippen molar-refractivity contribution in [2.24, 2.45) is 5.92 Å². The highest BCUT2D eigenvalue weighted by Gasteiger charge is 2.30. The molecule has 1 aromatic heterocycles. The van der Waals surface area contributed by atoms with Crippen LogP contribution in [0.1, 0.15) is 44.7 Å². The zero-order valence-corrected chi connectivity index (χ0v) is 12.6. The number of hydrogen-bond donors (Lipinski definition) is 1. The lowest BCUT2D eigenvalue weighted by Crippen LogP contribution is -2.40. The van der Waals surface area contributed by atoms with Gasteiger partial charge in [-0.1, -0.05) is 13.8 Å². The maximum atomic E-state index is 4.50. The van der Waals surface area contributed by atoms with Gasteiger partial charge in [-0.15, -0.1) is 0 Å². The summed E-state index contributed by atoms with van der Waals surface area (Å²) in [7, 11) is 2.25. The summed E-state index contributed by atoms with van der Waals surface area (Å²) >= 11 is 0. The molecule has 2 atom stereocenters. The highest BCUT2D eigenvalue weighted by molar-refractivity contribution is 5.13. The summed E-state index contributed by atoms with van der Waals surface area (Å²) in [4.78, 5) is 2.50. The second-order valence-electron chi connectivity index (χ2n) is 5.67. The van der Waals surface area contributed by atoms with Crippen LogP contribution in [0.4, 0.5) is 0 Å².